The predicted octanol–water partition coefficient (Wildman–Crippen LogP) is 6.50. The first-order chi connectivity index (χ1) is 16.7. The second kappa shape index (κ2) is 11.0. The van der Waals surface area contributed by atoms with Crippen molar-refractivity contribution in [2.24, 2.45) is 0 Å². The van der Waals surface area contributed by atoms with Crippen LogP contribution >= 0.6 is 0 Å². The van der Waals surface area contributed by atoms with Gasteiger partial charge >= 0.3 is 11.9 Å². The number of carbonyl (C=O) groups is 2. The monoisotopic (exact) mass is 480 g/mol. The van der Waals surface area contributed by atoms with Gasteiger partial charge in [-0.25, -0.2) is 22.8 Å². The zero-order valence-corrected chi connectivity index (χ0v) is 18.5. The second-order valence-electron chi connectivity index (χ2n) is 7.18. The Balaban J connectivity index is 1.77. The molecule has 0 unspecified atom stereocenters. The molecule has 0 aromatic heterocycles. The Bertz CT molecular complexity index is 1340. The number of ether oxygens (including phenoxy) is 3. The summed E-state index contributed by atoms with van der Waals surface area (Å²) in [4.78, 5) is 22.5. The maximum Gasteiger partial charge on any atom is 0.338 e. The first kappa shape index (κ1) is 25.0. The summed E-state index contributed by atoms with van der Waals surface area (Å²) in [5.41, 5.74) is 0.820. The molecule has 0 aliphatic rings. The Morgan fingerprint density at radius 2 is 1.43 bits per heavy atom. The third kappa shape index (κ3) is 6.26. The van der Waals surface area contributed by atoms with E-state index in [1.165, 1.54) is 43.3 Å². The van der Waals surface area contributed by atoms with Crippen LogP contribution in [0.2, 0.25) is 0 Å². The number of halogens is 3. The van der Waals surface area contributed by atoms with Gasteiger partial charge in [0.05, 0.1) is 0 Å². The molecular weight excluding hydrogens is 461 g/mol. The lowest BCUT2D eigenvalue weighted by Gasteiger charge is -2.10. The highest BCUT2D eigenvalue weighted by Gasteiger charge is 2.14. The van der Waals surface area contributed by atoms with E-state index in [1.807, 2.05) is 0 Å². The van der Waals surface area contributed by atoms with Gasteiger partial charge in [-0.3, -0.25) is 0 Å². The SMILES string of the molecule is C=CC(=O)Oc1ccc(-c2ccc(-c3ccc(O/C=C\OC(=O)C(=C)C)c(F)c3)c(F)c2)c(F)c1. The van der Waals surface area contributed by atoms with Crippen molar-refractivity contribution in [1.82, 2.24) is 0 Å². The number of hydrogen-bond donors (Lipinski definition) is 0. The largest absolute Gasteiger partial charge is 0.459 e. The van der Waals surface area contributed by atoms with Crippen molar-refractivity contribution in [1.29, 1.82) is 0 Å². The summed E-state index contributed by atoms with van der Waals surface area (Å²) < 4.78 is 58.4. The smallest absolute Gasteiger partial charge is 0.338 e. The first-order valence-corrected chi connectivity index (χ1v) is 10.1. The van der Waals surface area contributed by atoms with Gasteiger partial charge in [0.2, 0.25) is 0 Å². The van der Waals surface area contributed by atoms with Gasteiger partial charge in [-0.15, -0.1) is 0 Å². The highest BCUT2D eigenvalue weighted by atomic mass is 19.1. The minimum atomic E-state index is -0.780. The third-order valence-corrected chi connectivity index (χ3v) is 4.62. The molecule has 0 spiro atoms. The molecule has 0 N–H and O–H groups in total. The van der Waals surface area contributed by atoms with Crippen LogP contribution in [0, 0.1) is 17.5 Å². The van der Waals surface area contributed by atoms with Crippen LogP contribution in [0.3, 0.4) is 0 Å². The number of benzene rings is 3. The summed E-state index contributed by atoms with van der Waals surface area (Å²) in [5.74, 6) is -3.80. The Morgan fingerprint density at radius 1 is 0.829 bits per heavy atom. The van der Waals surface area contributed by atoms with Crippen molar-refractivity contribution in [3.63, 3.8) is 0 Å². The van der Waals surface area contributed by atoms with Gasteiger partial charge in [-0.2, -0.15) is 0 Å². The zero-order chi connectivity index (χ0) is 25.5. The Labute approximate surface area is 199 Å². The Kier molecular flexibility index (Phi) is 7.88. The summed E-state index contributed by atoms with van der Waals surface area (Å²) in [7, 11) is 0. The van der Waals surface area contributed by atoms with Gasteiger partial charge in [0.25, 0.3) is 0 Å². The summed E-state index contributed by atoms with van der Waals surface area (Å²) in [6, 6.07) is 11.5. The van der Waals surface area contributed by atoms with Crippen molar-refractivity contribution in [3.05, 3.63) is 109 Å². The van der Waals surface area contributed by atoms with Crippen molar-refractivity contribution in [2.75, 3.05) is 0 Å². The summed E-state index contributed by atoms with van der Waals surface area (Å²) in [5, 5.41) is 0. The van der Waals surface area contributed by atoms with Gasteiger partial charge in [-0.05, 0) is 48.4 Å². The lowest BCUT2D eigenvalue weighted by Crippen LogP contribution is -2.03. The normalized spacial score (nSPS) is 10.6. The molecule has 178 valence electrons. The molecule has 0 saturated heterocycles. The second-order valence-corrected chi connectivity index (χ2v) is 7.18. The van der Waals surface area contributed by atoms with Crippen LogP contribution in [0.1, 0.15) is 6.92 Å². The van der Waals surface area contributed by atoms with E-state index in [0.29, 0.717) is 0 Å². The molecule has 35 heavy (non-hydrogen) atoms. The van der Waals surface area contributed by atoms with E-state index in [1.54, 1.807) is 0 Å². The standard InChI is InChI=1S/C27H19F3O5/c1-4-26(31)35-19-7-9-21(23(29)15-19)17-5-8-20(22(28)13-17)18-6-10-25(24(30)14-18)33-11-12-34-27(32)16(2)3/h4-15H,1-2H2,3H3/b12-11-. The fraction of sp³-hybridized carbons (Fsp3) is 0.0370. The van der Waals surface area contributed by atoms with Gasteiger partial charge in [0, 0.05) is 28.8 Å². The molecule has 0 aliphatic carbocycles. The molecule has 5 nitrogen and oxygen atoms in total. The fourth-order valence-electron chi connectivity index (χ4n) is 2.92. The van der Waals surface area contributed by atoms with Gasteiger partial charge in [0.15, 0.2) is 11.6 Å². The summed E-state index contributed by atoms with van der Waals surface area (Å²) in [6.45, 7) is 8.15. The minimum Gasteiger partial charge on any atom is -0.459 e. The molecule has 0 fully saturated rings. The molecule has 3 rings (SSSR count). The zero-order valence-electron chi connectivity index (χ0n) is 18.5. The topological polar surface area (TPSA) is 61.8 Å². The molecule has 0 aliphatic heterocycles. The Morgan fingerprint density at radius 3 is 2.00 bits per heavy atom. The molecule has 0 heterocycles. The maximum absolute atomic E-state index is 14.8. The molecule has 8 heteroatoms. The van der Waals surface area contributed by atoms with Gasteiger partial charge < -0.3 is 14.2 Å². The molecule has 0 bridgehead atoms. The maximum atomic E-state index is 14.8. The van der Waals surface area contributed by atoms with Crippen LogP contribution in [0.4, 0.5) is 13.2 Å². The molecule has 3 aromatic rings. The lowest BCUT2D eigenvalue weighted by atomic mass is 9.99. The van der Waals surface area contributed by atoms with Crippen LogP contribution in [0.15, 0.2) is 91.9 Å². The first-order valence-electron chi connectivity index (χ1n) is 10.1. The van der Waals surface area contributed by atoms with E-state index in [9.17, 15) is 22.8 Å². The van der Waals surface area contributed by atoms with E-state index in [0.717, 1.165) is 36.8 Å². The molecular formula is C27H19F3O5. The third-order valence-electron chi connectivity index (χ3n) is 4.62. The molecule has 0 amide bonds. The van der Waals surface area contributed by atoms with Crippen LogP contribution in [0.5, 0.6) is 11.5 Å². The average Bonchev–Trinajstić information content (AvgIpc) is 2.82. The molecule has 0 radical (unpaired) electrons. The number of hydrogen-bond acceptors (Lipinski definition) is 5. The highest BCUT2D eigenvalue weighted by molar-refractivity contribution is 5.87. The van der Waals surface area contributed by atoms with E-state index >= 15 is 0 Å². The molecule has 0 saturated carbocycles. The fourth-order valence-corrected chi connectivity index (χ4v) is 2.92. The van der Waals surface area contributed by atoms with Crippen LogP contribution < -0.4 is 9.47 Å². The van der Waals surface area contributed by atoms with Crippen LogP contribution in [-0.4, -0.2) is 11.9 Å². The van der Waals surface area contributed by atoms with Crippen molar-refractivity contribution in [3.8, 4) is 33.8 Å². The van der Waals surface area contributed by atoms with Gasteiger partial charge in [0.1, 0.15) is 29.9 Å². The van der Waals surface area contributed by atoms with Crippen molar-refractivity contribution in [2.45, 2.75) is 6.92 Å². The minimum absolute atomic E-state index is 0.0187. The van der Waals surface area contributed by atoms with E-state index in [2.05, 4.69) is 17.9 Å². The molecule has 3 aromatic carbocycles. The highest BCUT2D eigenvalue weighted by Crippen LogP contribution is 2.32. The van der Waals surface area contributed by atoms with E-state index in [4.69, 9.17) is 9.47 Å². The van der Waals surface area contributed by atoms with Crippen molar-refractivity contribution < 1.29 is 37.0 Å². The number of rotatable bonds is 8. The average molecular weight is 480 g/mol. The number of carbonyl (C=O) groups excluding carboxylic acids is 2. The van der Waals surface area contributed by atoms with Crippen LogP contribution in [0.25, 0.3) is 22.3 Å². The van der Waals surface area contributed by atoms with Crippen molar-refractivity contribution >= 4 is 11.9 Å². The van der Waals surface area contributed by atoms with Gasteiger partial charge in [-0.1, -0.05) is 31.4 Å². The summed E-state index contributed by atoms with van der Waals surface area (Å²) in [6.07, 6.45) is 2.87. The lowest BCUT2D eigenvalue weighted by molar-refractivity contribution is -0.133. The van der Waals surface area contributed by atoms with Crippen LogP contribution in [-0.2, 0) is 14.3 Å². The number of esters is 2. The quantitative estimate of drug-likeness (QED) is 0.159. The van der Waals surface area contributed by atoms with E-state index in [-0.39, 0.29) is 39.3 Å². The molecule has 0 atom stereocenters. The predicted molar refractivity (Wildman–Crippen MR) is 124 cm³/mol. The Hall–Kier alpha value is -4.59. The summed E-state index contributed by atoms with van der Waals surface area (Å²) >= 11 is 0. The van der Waals surface area contributed by atoms with E-state index < -0.39 is 29.4 Å².